The minimum Gasteiger partial charge on any atom is -0.478 e. The Kier molecular flexibility index (Phi) is 3.74. The lowest BCUT2D eigenvalue weighted by Gasteiger charge is -2.11. The first kappa shape index (κ1) is 12.8. The third kappa shape index (κ3) is 3.37. The topological polar surface area (TPSA) is 37.3 Å². The van der Waals surface area contributed by atoms with E-state index in [0.717, 1.165) is 0 Å². The van der Waals surface area contributed by atoms with Crippen molar-refractivity contribution in [3.63, 3.8) is 0 Å². The largest absolute Gasteiger partial charge is 0.478 e. The predicted molar refractivity (Wildman–Crippen MR) is 55.8 cm³/mol. The third-order valence-electron chi connectivity index (χ3n) is 1.71. The summed E-state index contributed by atoms with van der Waals surface area (Å²) in [5.74, 6) is -1.63. The van der Waals surface area contributed by atoms with Crippen LogP contribution in [0.15, 0.2) is 34.8 Å². The number of hydrogen-bond acceptors (Lipinski definition) is 1. The Bertz CT molecular complexity index is 438. The Balaban J connectivity index is 3.28. The molecule has 0 fully saturated rings. The fourth-order valence-corrected chi connectivity index (χ4v) is 1.51. The van der Waals surface area contributed by atoms with E-state index in [0.29, 0.717) is 4.47 Å². The predicted octanol–water partition coefficient (Wildman–Crippen LogP) is 3.48. The van der Waals surface area contributed by atoms with Gasteiger partial charge in [0.05, 0.1) is 5.57 Å². The zero-order chi connectivity index (χ0) is 12.3. The number of alkyl halides is 3. The van der Waals surface area contributed by atoms with Crippen LogP contribution < -0.4 is 0 Å². The average molecular weight is 295 g/mol. The lowest BCUT2D eigenvalue weighted by Crippen LogP contribution is -2.12. The highest BCUT2D eigenvalue weighted by atomic mass is 79.9. The highest BCUT2D eigenvalue weighted by Gasteiger charge is 2.35. The molecule has 0 saturated carbocycles. The minimum absolute atomic E-state index is 0.155. The summed E-state index contributed by atoms with van der Waals surface area (Å²) in [6.07, 6.45) is -4.54. The first-order chi connectivity index (χ1) is 7.30. The molecule has 1 N–H and O–H groups in total. The lowest BCUT2D eigenvalue weighted by atomic mass is 10.1. The van der Waals surface area contributed by atoms with Gasteiger partial charge in [-0.15, -0.1) is 0 Å². The maximum atomic E-state index is 12.6. The molecule has 0 bridgehead atoms. The summed E-state index contributed by atoms with van der Waals surface area (Å²) >= 11 is 3.02. The summed E-state index contributed by atoms with van der Waals surface area (Å²) in [5, 5.41) is 8.39. The summed E-state index contributed by atoms with van der Waals surface area (Å²) < 4.78 is 38.1. The molecule has 0 aliphatic rings. The van der Waals surface area contributed by atoms with Crippen LogP contribution in [0.25, 0.3) is 5.57 Å². The summed E-state index contributed by atoms with van der Waals surface area (Å²) in [5.41, 5.74) is -1.37. The Hall–Kier alpha value is -1.30. The minimum atomic E-state index is -4.70. The molecular weight excluding hydrogens is 289 g/mol. The van der Waals surface area contributed by atoms with Crippen LogP contribution in [0.1, 0.15) is 5.56 Å². The number of carbonyl (C=O) groups is 1. The first-order valence-corrected chi connectivity index (χ1v) is 4.88. The highest BCUT2D eigenvalue weighted by molar-refractivity contribution is 9.10. The molecule has 0 aromatic heterocycles. The van der Waals surface area contributed by atoms with Crippen LogP contribution in [-0.2, 0) is 4.79 Å². The van der Waals surface area contributed by atoms with E-state index in [9.17, 15) is 18.0 Å². The number of hydrogen-bond donors (Lipinski definition) is 1. The molecule has 0 aliphatic heterocycles. The zero-order valence-corrected chi connectivity index (χ0v) is 9.34. The number of rotatable bonds is 2. The van der Waals surface area contributed by atoms with Gasteiger partial charge in [-0.05, 0) is 17.7 Å². The summed E-state index contributed by atoms with van der Waals surface area (Å²) in [6, 6.07) is 5.37. The van der Waals surface area contributed by atoms with Crippen molar-refractivity contribution >= 4 is 27.5 Å². The normalized spacial score (nSPS) is 12.6. The monoisotopic (exact) mass is 294 g/mol. The fraction of sp³-hybridized carbons (Fsp3) is 0.100. The van der Waals surface area contributed by atoms with E-state index in [4.69, 9.17) is 5.11 Å². The molecule has 1 aromatic rings. The molecular formula is C10H6BrF3O2. The number of carboxylic acids is 1. The molecule has 1 aromatic carbocycles. The van der Waals surface area contributed by atoms with Crippen molar-refractivity contribution in [1.82, 2.24) is 0 Å². The molecule has 1 rings (SSSR count). The summed E-state index contributed by atoms with van der Waals surface area (Å²) in [6.45, 7) is 0. The Morgan fingerprint density at radius 2 is 2.00 bits per heavy atom. The molecule has 0 radical (unpaired) electrons. The molecule has 0 amide bonds. The van der Waals surface area contributed by atoms with Gasteiger partial charge < -0.3 is 5.11 Å². The summed E-state index contributed by atoms with van der Waals surface area (Å²) in [7, 11) is 0. The van der Waals surface area contributed by atoms with Crippen LogP contribution in [0.3, 0.4) is 0 Å². The van der Waals surface area contributed by atoms with Crippen LogP contribution in [0.2, 0.25) is 0 Å². The second-order valence-electron chi connectivity index (χ2n) is 2.90. The number of halogens is 4. The number of allylic oxidation sites excluding steroid dienone is 1. The van der Waals surface area contributed by atoms with Crippen molar-refractivity contribution in [3.8, 4) is 0 Å². The quantitative estimate of drug-likeness (QED) is 0.848. The van der Waals surface area contributed by atoms with Gasteiger partial charge in [-0.25, -0.2) is 4.79 Å². The van der Waals surface area contributed by atoms with Gasteiger partial charge in [-0.2, -0.15) is 13.2 Å². The van der Waals surface area contributed by atoms with Gasteiger partial charge >= 0.3 is 12.1 Å². The molecule has 0 unspecified atom stereocenters. The van der Waals surface area contributed by atoms with Crippen molar-refractivity contribution in [2.24, 2.45) is 0 Å². The van der Waals surface area contributed by atoms with E-state index < -0.39 is 17.7 Å². The Morgan fingerprint density at radius 3 is 2.44 bits per heavy atom. The van der Waals surface area contributed by atoms with Crippen LogP contribution in [0, 0.1) is 0 Å². The third-order valence-corrected chi connectivity index (χ3v) is 2.20. The van der Waals surface area contributed by atoms with Crippen molar-refractivity contribution in [2.45, 2.75) is 6.18 Å². The highest BCUT2D eigenvalue weighted by Crippen LogP contribution is 2.34. The maximum Gasteiger partial charge on any atom is 0.417 e. The van der Waals surface area contributed by atoms with Crippen molar-refractivity contribution in [1.29, 1.82) is 0 Å². The summed E-state index contributed by atoms with van der Waals surface area (Å²) in [4.78, 5) is 10.3. The van der Waals surface area contributed by atoms with Crippen LogP contribution in [0.4, 0.5) is 13.2 Å². The SMILES string of the molecule is O=C(O)/C=C(/c1cccc(Br)c1)C(F)(F)F. The molecule has 16 heavy (non-hydrogen) atoms. The Labute approximate surface area is 97.5 Å². The second-order valence-corrected chi connectivity index (χ2v) is 3.82. The molecule has 86 valence electrons. The van der Waals surface area contributed by atoms with E-state index in [1.54, 1.807) is 6.07 Å². The van der Waals surface area contributed by atoms with Gasteiger partial charge in [0.15, 0.2) is 0 Å². The van der Waals surface area contributed by atoms with Gasteiger partial charge in [0.25, 0.3) is 0 Å². The van der Waals surface area contributed by atoms with E-state index >= 15 is 0 Å². The molecule has 0 aliphatic carbocycles. The van der Waals surface area contributed by atoms with Gasteiger partial charge in [-0.3, -0.25) is 0 Å². The van der Waals surface area contributed by atoms with Gasteiger partial charge in [0.1, 0.15) is 0 Å². The van der Waals surface area contributed by atoms with Gasteiger partial charge in [0, 0.05) is 10.5 Å². The van der Waals surface area contributed by atoms with Crippen LogP contribution in [-0.4, -0.2) is 17.3 Å². The van der Waals surface area contributed by atoms with Crippen LogP contribution in [0.5, 0.6) is 0 Å². The van der Waals surface area contributed by atoms with E-state index in [-0.39, 0.29) is 11.6 Å². The molecule has 0 heterocycles. The van der Waals surface area contributed by atoms with E-state index in [1.165, 1.54) is 18.2 Å². The van der Waals surface area contributed by atoms with Gasteiger partial charge in [-0.1, -0.05) is 28.1 Å². The standard InChI is InChI=1S/C10H6BrF3O2/c11-7-3-1-2-6(4-7)8(5-9(15)16)10(12,13)14/h1-5H,(H,15,16)/b8-5-. The first-order valence-electron chi connectivity index (χ1n) is 4.08. The van der Waals surface area contributed by atoms with Gasteiger partial charge in [0.2, 0.25) is 0 Å². The lowest BCUT2D eigenvalue weighted by molar-refractivity contribution is -0.131. The smallest absolute Gasteiger partial charge is 0.417 e. The Morgan fingerprint density at radius 1 is 1.38 bits per heavy atom. The molecule has 6 heteroatoms. The zero-order valence-electron chi connectivity index (χ0n) is 7.75. The number of aliphatic carboxylic acids is 1. The van der Waals surface area contributed by atoms with Crippen molar-refractivity contribution in [2.75, 3.05) is 0 Å². The molecule has 0 spiro atoms. The molecule has 2 nitrogen and oxygen atoms in total. The maximum absolute atomic E-state index is 12.6. The average Bonchev–Trinajstić information content (AvgIpc) is 2.12. The van der Waals surface area contributed by atoms with E-state index in [1.807, 2.05) is 0 Å². The van der Waals surface area contributed by atoms with Crippen molar-refractivity contribution in [3.05, 3.63) is 40.4 Å². The van der Waals surface area contributed by atoms with Crippen molar-refractivity contribution < 1.29 is 23.1 Å². The molecule has 0 saturated heterocycles. The fourth-order valence-electron chi connectivity index (χ4n) is 1.11. The molecule has 0 atom stereocenters. The number of benzene rings is 1. The second kappa shape index (κ2) is 4.69. The van der Waals surface area contributed by atoms with E-state index in [2.05, 4.69) is 15.9 Å². The number of carboxylic acid groups (broad SMARTS) is 1. The van der Waals surface area contributed by atoms with Crippen LogP contribution >= 0.6 is 15.9 Å².